The van der Waals surface area contributed by atoms with E-state index in [1.54, 1.807) is 6.07 Å². The number of carboxylic acid groups (broad SMARTS) is 3. The molecule has 3 aromatic rings. The number of alkyl halides is 9. The predicted molar refractivity (Wildman–Crippen MR) is 228 cm³/mol. The molecule has 2 aliphatic rings. The van der Waals surface area contributed by atoms with Crippen LogP contribution in [0.3, 0.4) is 0 Å². The molecule has 5 rings (SSSR count). The fourth-order valence-electron chi connectivity index (χ4n) is 6.65. The predicted octanol–water partition coefficient (Wildman–Crippen LogP) is 7.08. The Hall–Kier alpha value is -4.73. The highest BCUT2D eigenvalue weighted by Gasteiger charge is 2.45. The second-order valence-electron chi connectivity index (χ2n) is 15.4. The van der Waals surface area contributed by atoms with Gasteiger partial charge in [0.25, 0.3) is 0 Å². The van der Waals surface area contributed by atoms with Crippen LogP contribution in [0.2, 0.25) is 10.0 Å². The van der Waals surface area contributed by atoms with Gasteiger partial charge in [-0.1, -0.05) is 60.7 Å². The molecule has 2 heterocycles. The van der Waals surface area contributed by atoms with E-state index in [1.165, 1.54) is 6.07 Å². The molecule has 2 fully saturated rings. The summed E-state index contributed by atoms with van der Waals surface area (Å²) in [5, 5.41) is 22.6. The highest BCUT2D eigenvalue weighted by atomic mass is 35.5. The normalized spacial score (nSPS) is 15.8. The van der Waals surface area contributed by atoms with Crippen LogP contribution in [0.25, 0.3) is 10.9 Å². The van der Waals surface area contributed by atoms with Gasteiger partial charge >= 0.3 is 36.4 Å². The molecule has 1 saturated heterocycles. The van der Waals surface area contributed by atoms with Gasteiger partial charge in [0.15, 0.2) is 0 Å². The molecule has 16 nitrogen and oxygen atoms in total. The molecule has 0 radical (unpaired) electrons. The van der Waals surface area contributed by atoms with Crippen LogP contribution in [-0.4, -0.2) is 144 Å². The van der Waals surface area contributed by atoms with Crippen molar-refractivity contribution in [2.45, 2.75) is 93.6 Å². The molecule has 0 spiro atoms. The number of ether oxygens (including phenoxy) is 1. The summed E-state index contributed by atoms with van der Waals surface area (Å²) in [5.41, 5.74) is 7.44. The number of pyridine rings is 1. The molecule has 28 heteroatoms. The number of nitrogens with two attached hydrogens (primary N) is 1. The molecule has 1 aliphatic heterocycles. The van der Waals surface area contributed by atoms with E-state index >= 15 is 0 Å². The Kier molecular flexibility index (Phi) is 22.0. The summed E-state index contributed by atoms with van der Waals surface area (Å²) in [6.07, 6.45) is -9.57. The number of para-hydroxylation sites is 1. The summed E-state index contributed by atoms with van der Waals surface area (Å²) in [6.45, 7) is 4.94. The van der Waals surface area contributed by atoms with E-state index < -0.39 is 58.2 Å². The number of nitrogens with one attached hydrogen (secondary N) is 1. The number of rotatable bonds is 13. The minimum atomic E-state index is -5.08. The molecule has 2 aromatic carbocycles. The van der Waals surface area contributed by atoms with Crippen LogP contribution in [-0.2, 0) is 35.8 Å². The Morgan fingerprint density at radius 2 is 1.35 bits per heavy atom. The first-order chi connectivity index (χ1) is 31.2. The number of carboxylic acids is 3. The number of fused-ring (bicyclic) bond motifs is 1. The third-order valence-electron chi connectivity index (χ3n) is 10.0. The second kappa shape index (κ2) is 25.2. The standard InChI is InChI=1S/C34H46Cl2N6O4S.3C2HF3O2/c1-24-12-13-25-9-8-11-29(32(25)38-24)46-23-26-27(35)14-15-30(31(26)36)47(44,45)39-34(16-5-6-17-34)42-21-19-41(20-22-42)33(43)28(37)10-4-7-18-40(2)3;3*3-2(4,5)1(6)7/h8-9,11-15,28,39H,4-7,10,16-23,37H2,1-3H3;3*(H,6,7)/t28-;;;/m0.../s1. The zero-order valence-electron chi connectivity index (χ0n) is 36.4. The average molecular weight is 1050 g/mol. The quantitative estimate of drug-likeness (QED) is 0.0851. The lowest BCUT2D eigenvalue weighted by molar-refractivity contribution is -0.193. The van der Waals surface area contributed by atoms with Gasteiger partial charge in [-0.15, -0.1) is 0 Å². The van der Waals surface area contributed by atoms with Crippen molar-refractivity contribution in [3.8, 4) is 5.75 Å². The average Bonchev–Trinajstić information content (AvgIpc) is 3.70. The third kappa shape index (κ3) is 18.3. The Balaban J connectivity index is 0.000000626. The van der Waals surface area contributed by atoms with Crippen molar-refractivity contribution in [1.82, 2.24) is 24.4 Å². The topological polar surface area (TPSA) is 233 Å². The highest BCUT2D eigenvalue weighted by molar-refractivity contribution is 7.89. The third-order valence-corrected chi connectivity index (χ3v) is 12.5. The maximum Gasteiger partial charge on any atom is 0.490 e. The van der Waals surface area contributed by atoms with E-state index in [1.807, 2.05) is 56.3 Å². The number of aromatic nitrogens is 1. The number of aryl methyl sites for hydroxylation is 1. The fraction of sp³-hybridized carbons (Fsp3) is 0.525. The van der Waals surface area contributed by atoms with E-state index in [0.717, 1.165) is 43.3 Å². The molecular formula is C40H49Cl2F9N6O10S. The van der Waals surface area contributed by atoms with Crippen LogP contribution in [0.4, 0.5) is 39.5 Å². The van der Waals surface area contributed by atoms with Crippen LogP contribution in [0.5, 0.6) is 5.75 Å². The van der Waals surface area contributed by atoms with Crippen molar-refractivity contribution in [3.63, 3.8) is 0 Å². The molecule has 1 aliphatic carbocycles. The van der Waals surface area contributed by atoms with Gasteiger partial charge < -0.3 is 35.6 Å². The van der Waals surface area contributed by atoms with Gasteiger partial charge in [-0.25, -0.2) is 27.8 Å². The summed E-state index contributed by atoms with van der Waals surface area (Å²) in [7, 11) is 0.00488. The van der Waals surface area contributed by atoms with Gasteiger partial charge in [-0.3, -0.25) is 9.69 Å². The molecule has 1 amide bonds. The Bertz CT molecular complexity index is 2250. The molecule has 0 bridgehead atoms. The smallest absolute Gasteiger partial charge is 0.487 e. The lowest BCUT2D eigenvalue weighted by Crippen LogP contribution is -2.64. The number of carbonyl (C=O) groups excluding carboxylic acids is 1. The van der Waals surface area contributed by atoms with E-state index in [0.29, 0.717) is 67.3 Å². The SMILES string of the molecule is Cc1ccc2cccc(OCc3c(Cl)ccc(S(=O)(=O)NC4(N5CCN(C(=O)[C@@H](N)CCCCN(C)C)CC5)CCCC4)c3Cl)c2n1.O=C(O)C(F)(F)F.O=C(O)C(F)(F)F.O=C(O)C(F)(F)F. The number of sulfonamides is 1. The van der Waals surface area contributed by atoms with Gasteiger partial charge in [0.1, 0.15) is 22.8 Å². The van der Waals surface area contributed by atoms with Gasteiger partial charge in [0.05, 0.1) is 16.7 Å². The maximum atomic E-state index is 14.0. The second-order valence-corrected chi connectivity index (χ2v) is 17.8. The molecule has 0 unspecified atom stereocenters. The Labute approximate surface area is 394 Å². The first-order valence-corrected chi connectivity index (χ1v) is 22.3. The number of halogens is 11. The number of aliphatic carboxylic acids is 3. The molecule has 1 saturated carbocycles. The maximum absolute atomic E-state index is 14.0. The van der Waals surface area contributed by atoms with Gasteiger partial charge in [0.2, 0.25) is 15.9 Å². The van der Waals surface area contributed by atoms with E-state index in [-0.39, 0.29) is 22.4 Å². The largest absolute Gasteiger partial charge is 0.490 e. The molecule has 1 atom stereocenters. The van der Waals surface area contributed by atoms with Crippen molar-refractivity contribution in [2.24, 2.45) is 5.73 Å². The van der Waals surface area contributed by atoms with Crippen molar-refractivity contribution in [3.05, 3.63) is 63.8 Å². The molecule has 68 heavy (non-hydrogen) atoms. The van der Waals surface area contributed by atoms with Crippen molar-refractivity contribution >= 4 is 67.9 Å². The van der Waals surface area contributed by atoms with Gasteiger partial charge in [-0.2, -0.15) is 44.2 Å². The molecular weight excluding hydrogens is 998 g/mol. The van der Waals surface area contributed by atoms with Crippen LogP contribution >= 0.6 is 23.2 Å². The van der Waals surface area contributed by atoms with Gasteiger partial charge in [0, 0.05) is 47.8 Å². The number of amides is 1. The highest BCUT2D eigenvalue weighted by Crippen LogP contribution is 2.38. The number of unbranched alkanes of at least 4 members (excludes halogenated alkanes) is 1. The lowest BCUT2D eigenvalue weighted by Gasteiger charge is -2.46. The zero-order chi connectivity index (χ0) is 52.0. The van der Waals surface area contributed by atoms with Crippen LogP contribution in [0.15, 0.2) is 47.4 Å². The number of carbonyl (C=O) groups is 4. The first kappa shape index (κ1) is 59.4. The minimum absolute atomic E-state index is 0.0255. The number of piperazine rings is 1. The van der Waals surface area contributed by atoms with Crippen molar-refractivity contribution in [2.75, 3.05) is 46.8 Å². The Morgan fingerprint density at radius 3 is 1.84 bits per heavy atom. The molecule has 1 aromatic heterocycles. The van der Waals surface area contributed by atoms with Crippen molar-refractivity contribution < 1.29 is 87.2 Å². The van der Waals surface area contributed by atoms with Crippen LogP contribution < -0.4 is 15.2 Å². The number of hydrogen-bond acceptors (Lipinski definition) is 11. The summed E-state index contributed by atoms with van der Waals surface area (Å²) in [4.78, 5) is 50.5. The zero-order valence-corrected chi connectivity index (χ0v) is 38.8. The lowest BCUT2D eigenvalue weighted by atomic mass is 10.1. The van der Waals surface area contributed by atoms with Gasteiger partial charge in [-0.05, 0) is 77.5 Å². The molecule has 6 N–H and O–H groups in total. The molecule has 382 valence electrons. The Morgan fingerprint density at radius 1 is 0.838 bits per heavy atom. The van der Waals surface area contributed by atoms with E-state index in [9.17, 15) is 52.7 Å². The number of nitrogens with zero attached hydrogens (tertiary/aromatic N) is 4. The first-order valence-electron chi connectivity index (χ1n) is 20.1. The van der Waals surface area contributed by atoms with Crippen LogP contribution in [0, 0.1) is 6.92 Å². The fourth-order valence-corrected chi connectivity index (χ4v) is 8.99. The summed E-state index contributed by atoms with van der Waals surface area (Å²) in [6, 6.07) is 12.0. The summed E-state index contributed by atoms with van der Waals surface area (Å²) in [5.74, 6) is -7.75. The summed E-state index contributed by atoms with van der Waals surface area (Å²) >= 11 is 13.3. The van der Waals surface area contributed by atoms with Crippen LogP contribution in [0.1, 0.15) is 56.2 Å². The van der Waals surface area contributed by atoms with E-state index in [4.69, 9.17) is 63.4 Å². The monoisotopic (exact) mass is 1050 g/mol. The minimum Gasteiger partial charge on any atom is -0.487 e. The number of hydrogen-bond donors (Lipinski definition) is 5. The van der Waals surface area contributed by atoms with E-state index in [2.05, 4.69) is 19.5 Å². The summed E-state index contributed by atoms with van der Waals surface area (Å²) < 4.78 is 132. The van der Waals surface area contributed by atoms with Crippen molar-refractivity contribution in [1.29, 1.82) is 0 Å². The number of benzene rings is 2.